The van der Waals surface area contributed by atoms with Crippen LogP contribution in [0.3, 0.4) is 0 Å². The van der Waals surface area contributed by atoms with Gasteiger partial charge in [-0.05, 0) is 30.6 Å². The van der Waals surface area contributed by atoms with E-state index in [2.05, 4.69) is 22.8 Å². The van der Waals surface area contributed by atoms with E-state index in [0.29, 0.717) is 17.2 Å². The summed E-state index contributed by atoms with van der Waals surface area (Å²) in [6, 6.07) is 8.30. The molecule has 1 unspecified atom stereocenters. The van der Waals surface area contributed by atoms with Gasteiger partial charge in [0.1, 0.15) is 0 Å². The standard InChI is InChI=1S/C16H21NO3S/c1-17-13(10-11-6-5-9-21-11)12-7-8-14(18-2)16(20-4)15(12)19-3/h5-9,13,17H,10H2,1-4H3. The average molecular weight is 307 g/mol. The van der Waals surface area contributed by atoms with E-state index in [-0.39, 0.29) is 6.04 Å². The molecule has 1 aromatic carbocycles. The first kappa shape index (κ1) is 15.7. The summed E-state index contributed by atoms with van der Waals surface area (Å²) in [4.78, 5) is 1.33. The number of likely N-dealkylation sites (N-methyl/N-ethyl adjacent to an activating group) is 1. The van der Waals surface area contributed by atoms with Gasteiger partial charge >= 0.3 is 0 Å². The van der Waals surface area contributed by atoms with Gasteiger partial charge in [-0.25, -0.2) is 0 Å². The highest BCUT2D eigenvalue weighted by atomic mass is 32.1. The van der Waals surface area contributed by atoms with E-state index in [1.54, 1.807) is 32.7 Å². The molecule has 0 aliphatic carbocycles. The van der Waals surface area contributed by atoms with E-state index in [1.165, 1.54) is 4.88 Å². The fraction of sp³-hybridized carbons (Fsp3) is 0.375. The van der Waals surface area contributed by atoms with Gasteiger partial charge in [0, 0.05) is 22.9 Å². The summed E-state index contributed by atoms with van der Waals surface area (Å²) >= 11 is 1.76. The molecular weight excluding hydrogens is 286 g/mol. The zero-order valence-corrected chi connectivity index (χ0v) is 13.6. The molecule has 1 aromatic heterocycles. The van der Waals surface area contributed by atoms with Crippen LogP contribution in [0, 0.1) is 0 Å². The van der Waals surface area contributed by atoms with Crippen LogP contribution in [0.1, 0.15) is 16.5 Å². The van der Waals surface area contributed by atoms with E-state index in [4.69, 9.17) is 14.2 Å². The molecule has 0 bridgehead atoms. The van der Waals surface area contributed by atoms with Gasteiger partial charge in [-0.2, -0.15) is 0 Å². The van der Waals surface area contributed by atoms with Crippen molar-refractivity contribution in [3.63, 3.8) is 0 Å². The normalized spacial score (nSPS) is 12.0. The van der Waals surface area contributed by atoms with Crippen LogP contribution in [0.2, 0.25) is 0 Å². The Balaban J connectivity index is 2.40. The molecule has 1 N–H and O–H groups in total. The second-order valence-corrected chi connectivity index (χ2v) is 5.58. The Hall–Kier alpha value is -1.72. The predicted molar refractivity (Wildman–Crippen MR) is 85.9 cm³/mol. The molecule has 0 aliphatic rings. The number of hydrogen-bond donors (Lipinski definition) is 1. The number of hydrogen-bond acceptors (Lipinski definition) is 5. The topological polar surface area (TPSA) is 39.7 Å². The Bertz CT molecular complexity index is 569. The van der Waals surface area contributed by atoms with Crippen molar-refractivity contribution in [2.24, 2.45) is 0 Å². The number of nitrogens with one attached hydrogen (secondary N) is 1. The quantitative estimate of drug-likeness (QED) is 0.852. The van der Waals surface area contributed by atoms with Crippen LogP contribution in [-0.2, 0) is 6.42 Å². The number of benzene rings is 1. The van der Waals surface area contributed by atoms with Crippen LogP contribution in [0.4, 0.5) is 0 Å². The predicted octanol–water partition coefficient (Wildman–Crippen LogP) is 3.28. The summed E-state index contributed by atoms with van der Waals surface area (Å²) in [5.41, 5.74) is 1.06. The van der Waals surface area contributed by atoms with Gasteiger partial charge in [-0.15, -0.1) is 11.3 Å². The molecule has 21 heavy (non-hydrogen) atoms. The lowest BCUT2D eigenvalue weighted by molar-refractivity contribution is 0.319. The summed E-state index contributed by atoms with van der Waals surface area (Å²) in [6.07, 6.45) is 0.903. The molecule has 0 spiro atoms. The summed E-state index contributed by atoms with van der Waals surface area (Å²) in [5.74, 6) is 2.01. The molecule has 0 amide bonds. The summed E-state index contributed by atoms with van der Waals surface area (Å²) in [7, 11) is 6.85. The first-order valence-electron chi connectivity index (χ1n) is 6.73. The van der Waals surface area contributed by atoms with Gasteiger partial charge in [-0.3, -0.25) is 0 Å². The molecule has 1 heterocycles. The Kier molecular flexibility index (Phi) is 5.47. The Morgan fingerprint density at radius 2 is 1.81 bits per heavy atom. The minimum absolute atomic E-state index is 0.151. The minimum atomic E-state index is 0.151. The first-order chi connectivity index (χ1) is 10.2. The summed E-state index contributed by atoms with van der Waals surface area (Å²) in [5, 5.41) is 5.44. The number of thiophene rings is 1. The van der Waals surface area contributed by atoms with E-state index < -0.39 is 0 Å². The SMILES string of the molecule is CNC(Cc1cccs1)c1ccc(OC)c(OC)c1OC. The molecule has 0 fully saturated rings. The highest BCUT2D eigenvalue weighted by molar-refractivity contribution is 7.09. The molecule has 1 atom stereocenters. The van der Waals surface area contributed by atoms with Crippen molar-refractivity contribution in [2.75, 3.05) is 28.4 Å². The van der Waals surface area contributed by atoms with Gasteiger partial charge in [0.15, 0.2) is 11.5 Å². The average Bonchev–Trinajstić information content (AvgIpc) is 3.04. The van der Waals surface area contributed by atoms with Gasteiger partial charge in [0.05, 0.1) is 21.3 Å². The third-order valence-electron chi connectivity index (χ3n) is 3.44. The number of ether oxygens (including phenoxy) is 3. The van der Waals surface area contributed by atoms with Crippen molar-refractivity contribution in [3.8, 4) is 17.2 Å². The number of rotatable bonds is 7. The van der Waals surface area contributed by atoms with Crippen LogP contribution in [-0.4, -0.2) is 28.4 Å². The van der Waals surface area contributed by atoms with Crippen LogP contribution in [0.5, 0.6) is 17.2 Å². The minimum Gasteiger partial charge on any atom is -0.493 e. The molecule has 4 nitrogen and oxygen atoms in total. The zero-order valence-electron chi connectivity index (χ0n) is 12.8. The Labute approximate surface area is 129 Å². The summed E-state index contributed by atoms with van der Waals surface area (Å²) in [6.45, 7) is 0. The van der Waals surface area contributed by atoms with E-state index in [9.17, 15) is 0 Å². The molecule has 114 valence electrons. The lowest BCUT2D eigenvalue weighted by Gasteiger charge is -2.21. The van der Waals surface area contributed by atoms with Crippen molar-refractivity contribution < 1.29 is 14.2 Å². The highest BCUT2D eigenvalue weighted by Gasteiger charge is 2.21. The monoisotopic (exact) mass is 307 g/mol. The second kappa shape index (κ2) is 7.33. The third kappa shape index (κ3) is 3.31. The Morgan fingerprint density at radius 3 is 2.33 bits per heavy atom. The lowest BCUT2D eigenvalue weighted by atomic mass is 10.0. The third-order valence-corrected chi connectivity index (χ3v) is 4.34. The molecule has 2 aromatic rings. The molecule has 0 saturated heterocycles. The second-order valence-electron chi connectivity index (χ2n) is 4.55. The van der Waals surface area contributed by atoms with Crippen LogP contribution >= 0.6 is 11.3 Å². The van der Waals surface area contributed by atoms with Gasteiger partial charge in [-0.1, -0.05) is 6.07 Å². The Morgan fingerprint density at radius 1 is 1.05 bits per heavy atom. The fourth-order valence-corrected chi connectivity index (χ4v) is 3.15. The molecule has 0 saturated carbocycles. The fourth-order valence-electron chi connectivity index (χ4n) is 2.40. The maximum Gasteiger partial charge on any atom is 0.203 e. The van der Waals surface area contributed by atoms with E-state index in [1.807, 2.05) is 19.2 Å². The molecular formula is C16H21NO3S. The highest BCUT2D eigenvalue weighted by Crippen LogP contribution is 2.42. The van der Waals surface area contributed by atoms with Crippen LogP contribution in [0.25, 0.3) is 0 Å². The maximum atomic E-state index is 5.57. The van der Waals surface area contributed by atoms with Crippen molar-refractivity contribution >= 4 is 11.3 Å². The zero-order chi connectivity index (χ0) is 15.2. The van der Waals surface area contributed by atoms with Crippen molar-refractivity contribution in [3.05, 3.63) is 40.1 Å². The largest absolute Gasteiger partial charge is 0.493 e. The molecule has 0 aliphatic heterocycles. The van der Waals surface area contributed by atoms with Crippen molar-refractivity contribution in [2.45, 2.75) is 12.5 Å². The lowest BCUT2D eigenvalue weighted by Crippen LogP contribution is -2.19. The maximum absolute atomic E-state index is 5.57. The van der Waals surface area contributed by atoms with Gasteiger partial charge < -0.3 is 19.5 Å². The van der Waals surface area contributed by atoms with Crippen molar-refractivity contribution in [1.29, 1.82) is 0 Å². The first-order valence-corrected chi connectivity index (χ1v) is 7.61. The van der Waals surface area contributed by atoms with E-state index >= 15 is 0 Å². The molecule has 5 heteroatoms. The van der Waals surface area contributed by atoms with E-state index in [0.717, 1.165) is 12.0 Å². The molecule has 2 rings (SSSR count). The number of methoxy groups -OCH3 is 3. The summed E-state index contributed by atoms with van der Waals surface area (Å²) < 4.78 is 16.4. The van der Waals surface area contributed by atoms with Crippen LogP contribution < -0.4 is 19.5 Å². The van der Waals surface area contributed by atoms with Gasteiger partial charge in [0.2, 0.25) is 5.75 Å². The smallest absolute Gasteiger partial charge is 0.203 e. The van der Waals surface area contributed by atoms with Crippen molar-refractivity contribution in [1.82, 2.24) is 5.32 Å². The molecule has 0 radical (unpaired) electrons. The van der Waals surface area contributed by atoms with Gasteiger partial charge in [0.25, 0.3) is 0 Å². The van der Waals surface area contributed by atoms with Crippen LogP contribution in [0.15, 0.2) is 29.6 Å².